The fourth-order valence-electron chi connectivity index (χ4n) is 2.36. The molecule has 22 heavy (non-hydrogen) atoms. The maximum Gasteiger partial charge on any atom is 0.251 e. The monoisotopic (exact) mass is 300 g/mol. The van der Waals surface area contributed by atoms with Gasteiger partial charge in [-0.3, -0.25) is 9.59 Å². The Balaban J connectivity index is 1.71. The summed E-state index contributed by atoms with van der Waals surface area (Å²) in [6.45, 7) is 4.48. The Labute approximate surface area is 126 Å². The minimum absolute atomic E-state index is 0.0315. The van der Waals surface area contributed by atoms with Crippen LogP contribution in [-0.2, 0) is 17.9 Å². The van der Waals surface area contributed by atoms with Gasteiger partial charge in [-0.05, 0) is 28.1 Å². The fraction of sp³-hybridized carbons (Fsp3) is 0.357. The maximum absolute atomic E-state index is 12.1. The van der Waals surface area contributed by atoms with Gasteiger partial charge in [-0.2, -0.15) is 0 Å². The molecule has 0 fully saturated rings. The van der Waals surface area contributed by atoms with E-state index in [1.807, 2.05) is 19.9 Å². The van der Waals surface area contributed by atoms with Crippen molar-refractivity contribution in [3.8, 4) is 0 Å². The highest BCUT2D eigenvalue weighted by atomic mass is 16.2. The van der Waals surface area contributed by atoms with Crippen molar-refractivity contribution < 1.29 is 9.59 Å². The molecule has 0 atom stereocenters. The van der Waals surface area contributed by atoms with E-state index in [1.54, 1.807) is 12.1 Å². The number of nitrogens with one attached hydrogen (secondary N) is 2. The maximum atomic E-state index is 12.1. The molecule has 114 valence electrons. The van der Waals surface area contributed by atoms with E-state index in [0.29, 0.717) is 23.6 Å². The van der Waals surface area contributed by atoms with Crippen molar-refractivity contribution in [2.45, 2.75) is 32.9 Å². The zero-order valence-corrected chi connectivity index (χ0v) is 12.3. The standard InChI is InChI=1S/C14H16N6O2/c1-8(2)13-17-18-19-20(13)7-12(21)16-10-4-3-9-6-15-14(22)11(9)5-10/h3-5,8H,6-7H2,1-2H3,(H,15,22)(H,16,21). The zero-order valence-electron chi connectivity index (χ0n) is 12.3. The minimum atomic E-state index is -0.243. The summed E-state index contributed by atoms with van der Waals surface area (Å²) in [6, 6.07) is 5.29. The lowest BCUT2D eigenvalue weighted by molar-refractivity contribution is -0.117. The highest BCUT2D eigenvalue weighted by Gasteiger charge is 2.19. The van der Waals surface area contributed by atoms with E-state index in [-0.39, 0.29) is 24.3 Å². The normalized spacial score (nSPS) is 13.1. The number of hydrogen-bond donors (Lipinski definition) is 2. The second kappa shape index (κ2) is 5.55. The van der Waals surface area contributed by atoms with E-state index in [9.17, 15) is 9.59 Å². The summed E-state index contributed by atoms with van der Waals surface area (Å²) >= 11 is 0. The SMILES string of the molecule is CC(C)c1nnnn1CC(=O)Nc1ccc2c(c1)C(=O)NC2. The van der Waals surface area contributed by atoms with Crippen molar-refractivity contribution in [2.75, 3.05) is 5.32 Å². The van der Waals surface area contributed by atoms with Crippen LogP contribution >= 0.6 is 0 Å². The highest BCUT2D eigenvalue weighted by molar-refractivity contribution is 6.00. The predicted molar refractivity (Wildman–Crippen MR) is 78.1 cm³/mol. The van der Waals surface area contributed by atoms with Crippen LogP contribution in [0.2, 0.25) is 0 Å². The van der Waals surface area contributed by atoms with Crippen LogP contribution in [0.4, 0.5) is 5.69 Å². The van der Waals surface area contributed by atoms with Crippen LogP contribution in [0.1, 0.15) is 41.5 Å². The number of carbonyl (C=O) groups is 2. The van der Waals surface area contributed by atoms with E-state index in [1.165, 1.54) is 4.68 Å². The molecule has 2 aromatic rings. The van der Waals surface area contributed by atoms with Crippen molar-refractivity contribution in [1.29, 1.82) is 0 Å². The minimum Gasteiger partial charge on any atom is -0.348 e. The third-order valence-corrected chi connectivity index (χ3v) is 3.45. The highest BCUT2D eigenvalue weighted by Crippen LogP contribution is 2.20. The molecule has 1 aliphatic rings. The van der Waals surface area contributed by atoms with Crippen LogP contribution in [0.25, 0.3) is 0 Å². The Morgan fingerprint density at radius 3 is 3.05 bits per heavy atom. The summed E-state index contributed by atoms with van der Waals surface area (Å²) in [7, 11) is 0. The first kappa shape index (κ1) is 14.2. The molecule has 2 amide bonds. The van der Waals surface area contributed by atoms with Crippen LogP contribution in [0.15, 0.2) is 18.2 Å². The van der Waals surface area contributed by atoms with Gasteiger partial charge in [0.25, 0.3) is 5.91 Å². The van der Waals surface area contributed by atoms with E-state index in [2.05, 4.69) is 26.2 Å². The largest absolute Gasteiger partial charge is 0.348 e. The molecule has 0 radical (unpaired) electrons. The van der Waals surface area contributed by atoms with Gasteiger partial charge in [0.2, 0.25) is 5.91 Å². The molecule has 2 N–H and O–H groups in total. The molecule has 1 aromatic heterocycles. The van der Waals surface area contributed by atoms with E-state index < -0.39 is 0 Å². The number of tetrazole rings is 1. The summed E-state index contributed by atoms with van der Waals surface area (Å²) in [4.78, 5) is 23.7. The number of aromatic nitrogens is 4. The summed E-state index contributed by atoms with van der Waals surface area (Å²) in [5.41, 5.74) is 2.12. The number of hydrogen-bond acceptors (Lipinski definition) is 5. The molecule has 0 saturated heterocycles. The van der Waals surface area contributed by atoms with Gasteiger partial charge in [0.1, 0.15) is 6.54 Å². The smallest absolute Gasteiger partial charge is 0.251 e. The molecule has 2 heterocycles. The average molecular weight is 300 g/mol. The molecular weight excluding hydrogens is 284 g/mol. The topological polar surface area (TPSA) is 102 Å². The lowest BCUT2D eigenvalue weighted by Gasteiger charge is -2.08. The summed E-state index contributed by atoms with van der Waals surface area (Å²) < 4.78 is 1.47. The quantitative estimate of drug-likeness (QED) is 0.864. The molecule has 1 aliphatic heterocycles. The zero-order chi connectivity index (χ0) is 15.7. The first-order valence-corrected chi connectivity index (χ1v) is 7.01. The van der Waals surface area contributed by atoms with Gasteiger partial charge in [-0.15, -0.1) is 5.10 Å². The van der Waals surface area contributed by atoms with Gasteiger partial charge in [0.05, 0.1) is 0 Å². The van der Waals surface area contributed by atoms with Crippen molar-refractivity contribution in [1.82, 2.24) is 25.5 Å². The lowest BCUT2D eigenvalue weighted by atomic mass is 10.1. The van der Waals surface area contributed by atoms with Gasteiger partial charge in [-0.1, -0.05) is 19.9 Å². The van der Waals surface area contributed by atoms with E-state index >= 15 is 0 Å². The average Bonchev–Trinajstić information content (AvgIpc) is 3.06. The van der Waals surface area contributed by atoms with E-state index in [4.69, 9.17) is 0 Å². The van der Waals surface area contributed by atoms with Crippen LogP contribution in [-0.4, -0.2) is 32.0 Å². The number of benzene rings is 1. The van der Waals surface area contributed by atoms with Crippen molar-refractivity contribution in [2.24, 2.45) is 0 Å². The number of carbonyl (C=O) groups excluding carboxylic acids is 2. The van der Waals surface area contributed by atoms with Crippen LogP contribution < -0.4 is 10.6 Å². The molecule has 8 nitrogen and oxygen atoms in total. The first-order chi connectivity index (χ1) is 10.5. The van der Waals surface area contributed by atoms with Gasteiger partial charge < -0.3 is 10.6 Å². The molecule has 0 bridgehead atoms. The molecule has 3 rings (SSSR count). The Morgan fingerprint density at radius 2 is 2.27 bits per heavy atom. The number of nitrogens with zero attached hydrogens (tertiary/aromatic N) is 4. The molecule has 0 unspecified atom stereocenters. The molecule has 0 saturated carbocycles. The van der Waals surface area contributed by atoms with Crippen molar-refractivity contribution >= 4 is 17.5 Å². The van der Waals surface area contributed by atoms with Crippen molar-refractivity contribution in [3.05, 3.63) is 35.2 Å². The second-order valence-electron chi connectivity index (χ2n) is 5.45. The van der Waals surface area contributed by atoms with Gasteiger partial charge >= 0.3 is 0 Å². The summed E-state index contributed by atoms with van der Waals surface area (Å²) in [5, 5.41) is 16.8. The van der Waals surface area contributed by atoms with Gasteiger partial charge in [0.15, 0.2) is 5.82 Å². The molecule has 1 aromatic carbocycles. The fourth-order valence-corrected chi connectivity index (χ4v) is 2.36. The lowest BCUT2D eigenvalue weighted by Crippen LogP contribution is -2.21. The van der Waals surface area contributed by atoms with Crippen LogP contribution in [0.5, 0.6) is 0 Å². The number of rotatable bonds is 4. The Bertz CT molecular complexity index is 737. The van der Waals surface area contributed by atoms with Crippen molar-refractivity contribution in [3.63, 3.8) is 0 Å². The second-order valence-corrected chi connectivity index (χ2v) is 5.45. The predicted octanol–water partition coefficient (Wildman–Crippen LogP) is 0.679. The third kappa shape index (κ3) is 2.67. The number of fused-ring (bicyclic) bond motifs is 1. The van der Waals surface area contributed by atoms with Gasteiger partial charge in [0, 0.05) is 23.7 Å². The molecule has 8 heteroatoms. The Kier molecular flexibility index (Phi) is 3.58. The first-order valence-electron chi connectivity index (χ1n) is 7.01. The number of anilines is 1. The van der Waals surface area contributed by atoms with Crippen LogP contribution in [0.3, 0.4) is 0 Å². The Hall–Kier alpha value is -2.77. The molecule has 0 aliphatic carbocycles. The third-order valence-electron chi connectivity index (χ3n) is 3.45. The molecular formula is C14H16N6O2. The van der Waals surface area contributed by atoms with Crippen LogP contribution in [0, 0.1) is 0 Å². The Morgan fingerprint density at radius 1 is 1.45 bits per heavy atom. The van der Waals surface area contributed by atoms with E-state index in [0.717, 1.165) is 5.56 Å². The molecule has 0 spiro atoms. The number of amides is 2. The summed E-state index contributed by atoms with van der Waals surface area (Å²) in [5.74, 6) is 0.427. The van der Waals surface area contributed by atoms with Gasteiger partial charge in [-0.25, -0.2) is 4.68 Å². The summed E-state index contributed by atoms with van der Waals surface area (Å²) in [6.07, 6.45) is 0.